The van der Waals surface area contributed by atoms with Gasteiger partial charge >= 0.3 is 0 Å². The SMILES string of the molecule is C=Cc1cc(Nc2nc(Nc3nc4ccc(OC)cc4s3)nc3ccsc23)ccc1NN. The van der Waals surface area contributed by atoms with E-state index in [4.69, 9.17) is 15.6 Å². The normalized spacial score (nSPS) is 10.9. The van der Waals surface area contributed by atoms with Crippen LogP contribution in [0.3, 0.4) is 0 Å². The fraction of sp³-hybridized carbons (Fsp3) is 0.0455. The zero-order chi connectivity index (χ0) is 22.1. The van der Waals surface area contributed by atoms with Crippen LogP contribution in [0.25, 0.3) is 26.5 Å². The molecule has 0 saturated heterocycles. The number of nitrogen functional groups attached to an aromatic ring is 1. The highest BCUT2D eigenvalue weighted by molar-refractivity contribution is 7.22. The van der Waals surface area contributed by atoms with Gasteiger partial charge in [-0.25, -0.2) is 9.97 Å². The number of nitrogens with zero attached hydrogens (tertiary/aromatic N) is 3. The highest BCUT2D eigenvalue weighted by Crippen LogP contribution is 2.34. The molecule has 0 unspecified atom stereocenters. The van der Waals surface area contributed by atoms with Gasteiger partial charge in [-0.2, -0.15) is 4.98 Å². The number of hydrogen-bond donors (Lipinski definition) is 4. The molecule has 0 bridgehead atoms. The van der Waals surface area contributed by atoms with Crippen molar-refractivity contribution in [1.82, 2.24) is 15.0 Å². The quantitative estimate of drug-likeness (QED) is 0.180. The number of hydrogen-bond acceptors (Lipinski definition) is 10. The smallest absolute Gasteiger partial charge is 0.231 e. The average molecular weight is 462 g/mol. The van der Waals surface area contributed by atoms with Crippen LogP contribution in [-0.2, 0) is 0 Å². The van der Waals surface area contributed by atoms with Gasteiger partial charge in [-0.05, 0) is 47.8 Å². The number of rotatable bonds is 7. The second-order valence-corrected chi connectivity index (χ2v) is 8.73. The van der Waals surface area contributed by atoms with Crippen molar-refractivity contribution in [1.29, 1.82) is 0 Å². The Balaban J connectivity index is 1.49. The molecule has 5 N–H and O–H groups in total. The highest BCUT2D eigenvalue weighted by atomic mass is 32.1. The molecule has 0 fully saturated rings. The first-order valence-electron chi connectivity index (χ1n) is 9.64. The lowest BCUT2D eigenvalue weighted by atomic mass is 10.1. The lowest BCUT2D eigenvalue weighted by Crippen LogP contribution is -2.08. The molecule has 5 aromatic rings. The third-order valence-corrected chi connectivity index (χ3v) is 6.65. The van der Waals surface area contributed by atoms with E-state index in [0.717, 1.165) is 43.1 Å². The second kappa shape index (κ2) is 8.42. The summed E-state index contributed by atoms with van der Waals surface area (Å²) in [7, 11) is 1.65. The van der Waals surface area contributed by atoms with E-state index < -0.39 is 0 Å². The summed E-state index contributed by atoms with van der Waals surface area (Å²) in [6.07, 6.45) is 1.75. The molecule has 160 valence electrons. The first kappa shape index (κ1) is 20.2. The third kappa shape index (κ3) is 3.82. The fourth-order valence-corrected chi connectivity index (χ4v) is 4.93. The second-order valence-electron chi connectivity index (χ2n) is 6.78. The number of fused-ring (bicyclic) bond motifs is 2. The Labute approximate surface area is 191 Å². The van der Waals surface area contributed by atoms with Crippen molar-refractivity contribution in [3.8, 4) is 5.75 Å². The highest BCUT2D eigenvalue weighted by Gasteiger charge is 2.13. The number of aromatic nitrogens is 3. The van der Waals surface area contributed by atoms with Gasteiger partial charge in [0.2, 0.25) is 5.95 Å². The Hall–Kier alpha value is -3.73. The van der Waals surface area contributed by atoms with E-state index >= 15 is 0 Å². The van der Waals surface area contributed by atoms with Crippen LogP contribution in [0.4, 0.5) is 28.3 Å². The molecule has 5 rings (SSSR count). The molecule has 32 heavy (non-hydrogen) atoms. The Morgan fingerprint density at radius 3 is 2.75 bits per heavy atom. The van der Waals surface area contributed by atoms with Gasteiger partial charge in [-0.3, -0.25) is 11.2 Å². The van der Waals surface area contributed by atoms with Gasteiger partial charge in [0, 0.05) is 11.3 Å². The summed E-state index contributed by atoms with van der Waals surface area (Å²) in [5, 5.41) is 9.35. The minimum absolute atomic E-state index is 0.466. The lowest BCUT2D eigenvalue weighted by molar-refractivity contribution is 0.415. The molecule has 0 amide bonds. The number of methoxy groups -OCH3 is 1. The summed E-state index contributed by atoms with van der Waals surface area (Å²) < 4.78 is 7.29. The lowest BCUT2D eigenvalue weighted by Gasteiger charge is -2.11. The van der Waals surface area contributed by atoms with Crippen molar-refractivity contribution in [3.63, 3.8) is 0 Å². The topological polar surface area (TPSA) is 110 Å². The minimum Gasteiger partial charge on any atom is -0.497 e. The maximum atomic E-state index is 5.57. The first-order valence-corrected chi connectivity index (χ1v) is 11.3. The molecule has 0 atom stereocenters. The molecular weight excluding hydrogens is 442 g/mol. The van der Waals surface area contributed by atoms with E-state index in [-0.39, 0.29) is 0 Å². The molecule has 3 aromatic heterocycles. The number of anilines is 5. The molecule has 3 heterocycles. The van der Waals surface area contributed by atoms with Gasteiger partial charge in [0.15, 0.2) is 10.9 Å². The average Bonchev–Trinajstić information content (AvgIpc) is 3.44. The molecule has 0 aliphatic heterocycles. The van der Waals surface area contributed by atoms with E-state index in [9.17, 15) is 0 Å². The van der Waals surface area contributed by atoms with Crippen molar-refractivity contribution < 1.29 is 4.74 Å². The maximum absolute atomic E-state index is 5.57. The predicted molar refractivity (Wildman–Crippen MR) is 134 cm³/mol. The molecule has 0 aliphatic rings. The molecular formula is C22H19N7OS2. The van der Waals surface area contributed by atoms with Crippen LogP contribution in [0.2, 0.25) is 0 Å². The largest absolute Gasteiger partial charge is 0.497 e. The molecule has 8 nitrogen and oxygen atoms in total. The van der Waals surface area contributed by atoms with Crippen LogP contribution in [0.1, 0.15) is 5.56 Å². The zero-order valence-corrected chi connectivity index (χ0v) is 18.7. The van der Waals surface area contributed by atoms with Crippen LogP contribution in [0.15, 0.2) is 54.4 Å². The number of ether oxygens (including phenoxy) is 1. The molecule has 10 heteroatoms. The van der Waals surface area contributed by atoms with Gasteiger partial charge in [-0.1, -0.05) is 24.0 Å². The molecule has 0 radical (unpaired) electrons. The van der Waals surface area contributed by atoms with Crippen LogP contribution < -0.4 is 26.6 Å². The van der Waals surface area contributed by atoms with Gasteiger partial charge in [0.1, 0.15) is 5.75 Å². The monoisotopic (exact) mass is 461 g/mol. The van der Waals surface area contributed by atoms with Gasteiger partial charge in [0.05, 0.1) is 33.2 Å². The molecule has 0 spiro atoms. The fourth-order valence-electron chi connectivity index (χ4n) is 3.26. The number of thiazole rings is 1. The van der Waals surface area contributed by atoms with Crippen molar-refractivity contribution in [2.45, 2.75) is 0 Å². The van der Waals surface area contributed by atoms with Crippen LogP contribution in [0.5, 0.6) is 5.75 Å². The van der Waals surface area contributed by atoms with E-state index in [1.807, 2.05) is 47.8 Å². The summed E-state index contributed by atoms with van der Waals surface area (Å²) in [5.74, 6) is 7.54. The van der Waals surface area contributed by atoms with Crippen molar-refractivity contribution in [2.75, 3.05) is 23.2 Å². The summed E-state index contributed by atoms with van der Waals surface area (Å²) >= 11 is 3.10. The van der Waals surface area contributed by atoms with E-state index in [2.05, 4.69) is 32.6 Å². The maximum Gasteiger partial charge on any atom is 0.231 e. The third-order valence-electron chi connectivity index (χ3n) is 4.81. The van der Waals surface area contributed by atoms with E-state index in [1.54, 1.807) is 24.5 Å². The molecule has 2 aromatic carbocycles. The summed E-state index contributed by atoms with van der Waals surface area (Å²) in [6.45, 7) is 3.85. The number of benzene rings is 2. The van der Waals surface area contributed by atoms with E-state index in [1.165, 1.54) is 11.3 Å². The Morgan fingerprint density at radius 2 is 1.94 bits per heavy atom. The van der Waals surface area contributed by atoms with Gasteiger partial charge < -0.3 is 15.5 Å². The van der Waals surface area contributed by atoms with Crippen LogP contribution >= 0.6 is 22.7 Å². The minimum atomic E-state index is 0.466. The van der Waals surface area contributed by atoms with Crippen molar-refractivity contribution in [2.24, 2.45) is 5.84 Å². The number of thiophene rings is 1. The van der Waals surface area contributed by atoms with E-state index in [0.29, 0.717) is 16.9 Å². The Kier molecular flexibility index (Phi) is 5.31. The van der Waals surface area contributed by atoms with Crippen LogP contribution in [-0.4, -0.2) is 22.1 Å². The summed E-state index contributed by atoms with van der Waals surface area (Å²) in [6, 6.07) is 13.5. The Morgan fingerprint density at radius 1 is 1.03 bits per heavy atom. The van der Waals surface area contributed by atoms with Gasteiger partial charge in [0.25, 0.3) is 0 Å². The number of nitrogens with one attached hydrogen (secondary N) is 3. The van der Waals surface area contributed by atoms with Crippen molar-refractivity contribution >= 4 is 77.5 Å². The molecule has 0 aliphatic carbocycles. The summed E-state index contributed by atoms with van der Waals surface area (Å²) in [4.78, 5) is 14.0. The zero-order valence-electron chi connectivity index (χ0n) is 17.0. The van der Waals surface area contributed by atoms with Crippen molar-refractivity contribution in [3.05, 3.63) is 60.0 Å². The number of hydrazine groups is 1. The molecule has 0 saturated carbocycles. The summed E-state index contributed by atoms with van der Waals surface area (Å²) in [5.41, 5.74) is 6.96. The Bertz CT molecular complexity index is 1440. The standard InChI is InChI=1S/C22H19N7OS2/c1-3-12-10-13(4-6-15(12)29-23)24-20-19-17(8-9-31-19)25-21(27-20)28-22-26-16-7-5-14(30-2)11-18(16)32-22/h3-11,29H,1,23H2,2H3,(H2,24,25,26,27,28). The first-order chi connectivity index (χ1) is 15.7. The number of nitrogens with two attached hydrogens (primary N) is 1. The van der Waals surface area contributed by atoms with Crippen LogP contribution in [0, 0.1) is 0 Å². The van der Waals surface area contributed by atoms with Gasteiger partial charge in [-0.15, -0.1) is 11.3 Å². The predicted octanol–water partition coefficient (Wildman–Crippen LogP) is 5.73.